The minimum Gasteiger partial charge on any atom is -0.390 e. The van der Waals surface area contributed by atoms with Crippen LogP contribution in [0.3, 0.4) is 0 Å². The fraction of sp³-hybridized carbons (Fsp3) is 1.00. The lowest BCUT2D eigenvalue weighted by Gasteiger charge is -2.43. The molecule has 0 aliphatic heterocycles. The van der Waals surface area contributed by atoms with E-state index in [4.69, 9.17) is 10.8 Å². The molecule has 36 heavy (non-hydrogen) atoms. The number of aliphatic hydroxyl groups is 1. The molecule has 0 spiro atoms. The Balaban J connectivity index is 7.00. The summed E-state index contributed by atoms with van der Waals surface area (Å²) in [4.78, 5) is 0. The van der Waals surface area contributed by atoms with Crippen LogP contribution in [-0.4, -0.2) is 90.5 Å². The van der Waals surface area contributed by atoms with Gasteiger partial charge in [-0.2, -0.15) is 78.9 Å². The van der Waals surface area contributed by atoms with Gasteiger partial charge in [-0.3, -0.25) is 0 Å². The van der Waals surface area contributed by atoms with Crippen LogP contribution < -0.4 is 5.73 Å². The zero-order valence-corrected chi connectivity index (χ0v) is 17.6. The van der Waals surface area contributed by atoms with E-state index in [1.165, 1.54) is 0 Å². The van der Waals surface area contributed by atoms with Crippen LogP contribution in [0.2, 0.25) is 0 Å². The van der Waals surface area contributed by atoms with Gasteiger partial charge in [0.05, 0.1) is 6.10 Å². The van der Waals surface area contributed by atoms with E-state index in [9.17, 15) is 83.1 Å². The summed E-state index contributed by atoms with van der Waals surface area (Å²) in [7, 11) is -7.43. The molecule has 0 saturated carbocycles. The van der Waals surface area contributed by atoms with Crippen LogP contribution in [0, 0.1) is 0 Å². The van der Waals surface area contributed by atoms with Crippen molar-refractivity contribution in [3.8, 4) is 0 Å². The van der Waals surface area contributed by atoms with Gasteiger partial charge in [-0.25, -0.2) is 8.42 Å². The molecule has 0 aromatic heterocycles. The molecule has 218 valence electrons. The highest BCUT2D eigenvalue weighted by molar-refractivity contribution is 7.90. The van der Waals surface area contributed by atoms with E-state index in [0.29, 0.717) is 6.92 Å². The number of nitrogens with two attached hydrogens (primary N) is 1. The normalized spacial score (nSPS) is 17.0. The van der Waals surface area contributed by atoms with E-state index in [1.54, 1.807) is 0 Å². The lowest BCUT2D eigenvalue weighted by molar-refractivity contribution is -0.458. The number of rotatable bonds is 12. The van der Waals surface area contributed by atoms with Gasteiger partial charge in [-0.05, 0) is 0 Å². The highest BCUT2D eigenvalue weighted by Crippen LogP contribution is 2.64. The van der Waals surface area contributed by atoms with E-state index in [-0.39, 0.29) is 0 Å². The number of sulfonamides is 1. The van der Waals surface area contributed by atoms with Crippen molar-refractivity contribution in [2.75, 3.05) is 19.6 Å². The van der Waals surface area contributed by atoms with Crippen LogP contribution in [-0.2, 0) is 10.0 Å². The zero-order valence-electron chi connectivity index (χ0n) is 16.8. The molecule has 23 heteroatoms. The number of alkyl halides is 17. The molecule has 0 aromatic rings. The molecule has 0 rings (SSSR count). The van der Waals surface area contributed by atoms with E-state index < -0.39 is 87.0 Å². The second kappa shape index (κ2) is 9.43. The van der Waals surface area contributed by atoms with Gasteiger partial charge in [-0.1, -0.05) is 6.92 Å². The first-order chi connectivity index (χ1) is 15.4. The monoisotopic (exact) mass is 600 g/mol. The second-order valence-electron chi connectivity index (χ2n) is 6.81. The van der Waals surface area contributed by atoms with Crippen LogP contribution in [0.1, 0.15) is 6.92 Å². The Morgan fingerprint density at radius 2 is 0.972 bits per heavy atom. The Morgan fingerprint density at radius 3 is 1.25 bits per heavy atom. The number of nitrogens with zero attached hydrogens (tertiary/aromatic N) is 1. The first-order valence-electron chi connectivity index (χ1n) is 8.51. The van der Waals surface area contributed by atoms with E-state index in [0.717, 1.165) is 0 Å². The van der Waals surface area contributed by atoms with Crippen LogP contribution in [0.4, 0.5) is 74.6 Å². The molecule has 0 aromatic carbocycles. The van der Waals surface area contributed by atoms with Crippen molar-refractivity contribution < 1.29 is 88.2 Å². The summed E-state index contributed by atoms with van der Waals surface area (Å²) < 4.78 is 248. The minimum atomic E-state index is -8.89. The lowest BCUT2D eigenvalue weighted by atomic mass is 9.91. The fourth-order valence-corrected chi connectivity index (χ4v) is 3.67. The summed E-state index contributed by atoms with van der Waals surface area (Å²) in [6.45, 7) is -3.69. The lowest BCUT2D eigenvalue weighted by Crippen LogP contribution is -2.75. The summed E-state index contributed by atoms with van der Waals surface area (Å²) in [5.74, 6) is -51.9. The van der Waals surface area contributed by atoms with Gasteiger partial charge in [-0.15, -0.1) is 0 Å². The Bertz CT molecular complexity index is 887. The van der Waals surface area contributed by atoms with Gasteiger partial charge in [0.25, 0.3) is 10.0 Å². The molecule has 0 aliphatic carbocycles. The number of likely N-dealkylation sites (N-methyl/N-ethyl adjacent to an activating group) is 1. The number of hydrogen-bond acceptors (Lipinski definition) is 4. The SMILES string of the molecule is CCN(CC(O)CN)S(=O)(=O)C(F)(F)C(F)(F)C(F)(F)C(F)(F)C(F)(F)C(F)(F)C(F)(F)C(F)(F)F. The third kappa shape index (κ3) is 4.56. The van der Waals surface area contributed by atoms with Crippen molar-refractivity contribution in [2.45, 2.75) is 60.0 Å². The highest BCUT2D eigenvalue weighted by atomic mass is 32.2. The van der Waals surface area contributed by atoms with Crippen LogP contribution >= 0.6 is 0 Å². The highest BCUT2D eigenvalue weighted by Gasteiger charge is 2.96. The van der Waals surface area contributed by atoms with Gasteiger partial charge in [0.15, 0.2) is 0 Å². The molecular formula is C13H13F17N2O3S. The zero-order chi connectivity index (χ0) is 29.8. The fourth-order valence-electron chi connectivity index (χ4n) is 2.18. The third-order valence-electron chi connectivity index (χ3n) is 4.40. The molecule has 0 radical (unpaired) electrons. The van der Waals surface area contributed by atoms with Gasteiger partial charge in [0.1, 0.15) is 0 Å². The molecule has 3 N–H and O–H groups in total. The van der Waals surface area contributed by atoms with Crippen LogP contribution in [0.5, 0.6) is 0 Å². The molecule has 0 bridgehead atoms. The van der Waals surface area contributed by atoms with Crippen LogP contribution in [0.25, 0.3) is 0 Å². The molecule has 0 amide bonds. The van der Waals surface area contributed by atoms with Crippen molar-refractivity contribution in [1.29, 1.82) is 0 Å². The Hall–Kier alpha value is -1.36. The van der Waals surface area contributed by atoms with Gasteiger partial charge >= 0.3 is 47.0 Å². The quantitative estimate of drug-likeness (QED) is 0.333. The topological polar surface area (TPSA) is 83.6 Å². The Kier molecular flexibility index (Phi) is 9.08. The molecular weight excluding hydrogens is 587 g/mol. The molecule has 1 unspecified atom stereocenters. The van der Waals surface area contributed by atoms with Crippen molar-refractivity contribution in [3.05, 3.63) is 0 Å². The minimum absolute atomic E-state index is 0.496. The number of aliphatic hydroxyl groups excluding tert-OH is 1. The van der Waals surface area contributed by atoms with Gasteiger partial charge in [0, 0.05) is 19.6 Å². The average Bonchev–Trinajstić information content (AvgIpc) is 2.69. The average molecular weight is 600 g/mol. The summed E-state index contributed by atoms with van der Waals surface area (Å²) in [5, 5.41) is 1.48. The Morgan fingerprint density at radius 1 is 0.667 bits per heavy atom. The van der Waals surface area contributed by atoms with E-state index >= 15 is 0 Å². The summed E-state index contributed by atoms with van der Waals surface area (Å²) in [6.07, 6.45) is -10.1. The first-order valence-corrected chi connectivity index (χ1v) is 9.95. The van der Waals surface area contributed by atoms with E-state index in [1.807, 2.05) is 0 Å². The van der Waals surface area contributed by atoms with Gasteiger partial charge < -0.3 is 10.8 Å². The van der Waals surface area contributed by atoms with Crippen molar-refractivity contribution in [1.82, 2.24) is 4.31 Å². The van der Waals surface area contributed by atoms with E-state index in [2.05, 4.69) is 0 Å². The molecule has 0 fully saturated rings. The maximum Gasteiger partial charge on any atom is 0.460 e. The maximum atomic E-state index is 14.0. The maximum absolute atomic E-state index is 14.0. The molecule has 1 atom stereocenters. The molecule has 0 heterocycles. The predicted molar refractivity (Wildman–Crippen MR) is 81.9 cm³/mol. The van der Waals surface area contributed by atoms with Crippen LogP contribution in [0.15, 0.2) is 0 Å². The third-order valence-corrected chi connectivity index (χ3v) is 6.39. The molecule has 5 nitrogen and oxygen atoms in total. The standard InChI is InChI=1S/C13H13F17N2O3S/c1-2-32(4-5(33)3-31)36(34,35)13(29,30)11(24,25)9(20,21)7(16,17)6(14,15)8(18,19)10(22,23)12(26,27)28/h5,33H,2-4,31H2,1H3. The largest absolute Gasteiger partial charge is 0.460 e. The summed E-state index contributed by atoms with van der Waals surface area (Å²) >= 11 is 0. The predicted octanol–water partition coefficient (Wildman–Crippen LogP) is 3.92. The smallest absolute Gasteiger partial charge is 0.390 e. The van der Waals surface area contributed by atoms with Crippen molar-refractivity contribution in [3.63, 3.8) is 0 Å². The second-order valence-corrected chi connectivity index (χ2v) is 8.79. The number of hydrogen-bond donors (Lipinski definition) is 2. The summed E-state index contributed by atoms with van der Waals surface area (Å²) in [6, 6.07) is 0. The Labute approximate surface area is 189 Å². The molecule has 0 aliphatic rings. The molecule has 0 saturated heterocycles. The van der Waals surface area contributed by atoms with Gasteiger partial charge in [0.2, 0.25) is 0 Å². The van der Waals surface area contributed by atoms with Crippen molar-refractivity contribution in [2.24, 2.45) is 5.73 Å². The number of halogens is 17. The van der Waals surface area contributed by atoms with Crippen molar-refractivity contribution >= 4 is 10.0 Å². The summed E-state index contributed by atoms with van der Waals surface area (Å²) in [5.41, 5.74) is 4.77. The first kappa shape index (κ1) is 34.6.